The molecule has 8 heavy (non-hydrogen) atoms. The predicted molar refractivity (Wildman–Crippen MR) is 33.4 cm³/mol. The molecular formula is C4H7NO2S. The first-order valence-electron chi connectivity index (χ1n) is 1.99. The van der Waals surface area contributed by atoms with E-state index in [1.165, 1.54) is 6.92 Å². The van der Waals surface area contributed by atoms with Crippen LogP contribution < -0.4 is 0 Å². The van der Waals surface area contributed by atoms with Crippen LogP contribution in [0, 0.1) is 0 Å². The van der Waals surface area contributed by atoms with Crippen LogP contribution in [-0.4, -0.2) is 22.3 Å². The topological polar surface area (TPSA) is 49.7 Å². The van der Waals surface area contributed by atoms with Crippen molar-refractivity contribution < 1.29 is 10.0 Å². The second-order valence-corrected chi connectivity index (χ2v) is 1.96. The lowest BCUT2D eigenvalue weighted by atomic mass is 10.5. The maximum atomic E-state index is 10.3. The van der Waals surface area contributed by atoms with E-state index < -0.39 is 0 Å². The third-order valence-corrected chi connectivity index (χ3v) is 1.34. The lowest BCUT2D eigenvalue weighted by molar-refractivity contribution is -0.110. The van der Waals surface area contributed by atoms with Gasteiger partial charge in [-0.1, -0.05) is 5.16 Å². The van der Waals surface area contributed by atoms with Gasteiger partial charge in [-0.3, -0.25) is 4.79 Å². The summed E-state index contributed by atoms with van der Waals surface area (Å²) in [5.41, 5.74) is 0. The van der Waals surface area contributed by atoms with E-state index in [1.54, 1.807) is 6.26 Å². The zero-order valence-electron chi connectivity index (χ0n) is 4.71. The Balaban J connectivity index is 3.92. The van der Waals surface area contributed by atoms with E-state index in [-0.39, 0.29) is 10.8 Å². The number of nitrogens with zero attached hydrogens (tertiary/aromatic N) is 1. The van der Waals surface area contributed by atoms with Crippen molar-refractivity contribution in [3.05, 3.63) is 0 Å². The molecule has 4 heteroatoms. The predicted octanol–water partition coefficient (Wildman–Crippen LogP) is 0.726. The van der Waals surface area contributed by atoms with Gasteiger partial charge >= 0.3 is 0 Å². The van der Waals surface area contributed by atoms with E-state index in [0.717, 1.165) is 11.8 Å². The summed E-state index contributed by atoms with van der Waals surface area (Å²) < 4.78 is 0. The maximum absolute atomic E-state index is 10.3. The Hall–Kier alpha value is -0.510. The molecule has 0 aliphatic rings. The fourth-order valence-electron chi connectivity index (χ4n) is 0.255. The molecule has 0 rings (SSSR count). The van der Waals surface area contributed by atoms with Gasteiger partial charge in [0.05, 0.1) is 0 Å². The van der Waals surface area contributed by atoms with Gasteiger partial charge in [-0.15, -0.1) is 11.8 Å². The second kappa shape index (κ2) is 3.49. The highest BCUT2D eigenvalue weighted by Crippen LogP contribution is 1.96. The van der Waals surface area contributed by atoms with Gasteiger partial charge in [0.15, 0.2) is 10.8 Å². The Morgan fingerprint density at radius 2 is 2.25 bits per heavy atom. The minimum Gasteiger partial charge on any atom is -0.410 e. The molecule has 0 bridgehead atoms. The number of hydrogen-bond acceptors (Lipinski definition) is 4. The van der Waals surface area contributed by atoms with Gasteiger partial charge in [-0.25, -0.2) is 0 Å². The molecule has 46 valence electrons. The first-order valence-corrected chi connectivity index (χ1v) is 3.21. The molecule has 0 aromatic heterocycles. The third kappa shape index (κ3) is 1.97. The van der Waals surface area contributed by atoms with E-state index in [0.29, 0.717) is 0 Å². The molecule has 0 saturated carbocycles. The van der Waals surface area contributed by atoms with Crippen LogP contribution in [0.25, 0.3) is 0 Å². The van der Waals surface area contributed by atoms with Crippen molar-refractivity contribution >= 4 is 22.6 Å². The normalized spacial score (nSPS) is 11.5. The molecule has 0 saturated heterocycles. The highest BCUT2D eigenvalue weighted by molar-refractivity contribution is 8.15. The summed E-state index contributed by atoms with van der Waals surface area (Å²) in [7, 11) is 0. The van der Waals surface area contributed by atoms with Crippen molar-refractivity contribution in [3.63, 3.8) is 0 Å². The summed E-state index contributed by atoms with van der Waals surface area (Å²) in [5.74, 6) is -0.208. The molecule has 0 aromatic carbocycles. The van der Waals surface area contributed by atoms with E-state index in [4.69, 9.17) is 5.21 Å². The Morgan fingerprint density at radius 3 is 2.25 bits per heavy atom. The standard InChI is InChI=1S/C4H7NO2S/c1-3(6)4(5-7)8-2/h7H,1-2H3. The molecule has 1 N–H and O–H groups in total. The number of oxime groups is 1. The summed E-state index contributed by atoms with van der Waals surface area (Å²) in [6, 6.07) is 0. The largest absolute Gasteiger partial charge is 0.410 e. The SMILES string of the molecule is CSC(=NO)C(C)=O. The van der Waals surface area contributed by atoms with Crippen molar-refractivity contribution in [3.8, 4) is 0 Å². The van der Waals surface area contributed by atoms with E-state index >= 15 is 0 Å². The highest BCUT2D eigenvalue weighted by Gasteiger charge is 2.01. The molecule has 0 atom stereocenters. The molecule has 0 aliphatic carbocycles. The van der Waals surface area contributed by atoms with Crippen LogP contribution in [0.1, 0.15) is 6.92 Å². The molecule has 0 heterocycles. The first kappa shape index (κ1) is 7.49. The highest BCUT2D eigenvalue weighted by atomic mass is 32.2. The monoisotopic (exact) mass is 133 g/mol. The summed E-state index contributed by atoms with van der Waals surface area (Å²) in [5, 5.41) is 10.9. The molecule has 3 nitrogen and oxygen atoms in total. The van der Waals surface area contributed by atoms with Crippen LogP contribution in [0.15, 0.2) is 5.16 Å². The van der Waals surface area contributed by atoms with Gasteiger partial charge < -0.3 is 5.21 Å². The molecule has 0 spiro atoms. The molecule has 0 unspecified atom stereocenters. The molecule has 0 amide bonds. The van der Waals surface area contributed by atoms with Crippen LogP contribution in [-0.2, 0) is 4.79 Å². The zero-order chi connectivity index (χ0) is 6.57. The number of Topliss-reactive ketones (excluding diaryl/α,β-unsaturated/α-hetero) is 1. The average molecular weight is 133 g/mol. The van der Waals surface area contributed by atoms with Crippen LogP contribution in [0.3, 0.4) is 0 Å². The summed E-state index contributed by atoms with van der Waals surface area (Å²) in [6.07, 6.45) is 1.68. The molecule has 0 fully saturated rings. The minimum atomic E-state index is -0.208. The Morgan fingerprint density at radius 1 is 1.75 bits per heavy atom. The van der Waals surface area contributed by atoms with Gasteiger partial charge in [-0.2, -0.15) is 0 Å². The Bertz CT molecular complexity index is 121. The number of rotatable bonds is 1. The fourth-order valence-corrected chi connectivity index (χ4v) is 0.624. The van der Waals surface area contributed by atoms with Crippen LogP contribution in [0.5, 0.6) is 0 Å². The minimum absolute atomic E-state index is 0.144. The third-order valence-electron chi connectivity index (χ3n) is 0.585. The van der Waals surface area contributed by atoms with Crippen molar-refractivity contribution in [1.82, 2.24) is 0 Å². The van der Waals surface area contributed by atoms with Gasteiger partial charge in [0.25, 0.3) is 0 Å². The smallest absolute Gasteiger partial charge is 0.188 e. The lowest BCUT2D eigenvalue weighted by Crippen LogP contribution is -2.03. The molecule has 0 radical (unpaired) electrons. The Kier molecular flexibility index (Phi) is 3.26. The van der Waals surface area contributed by atoms with Crippen molar-refractivity contribution in [1.29, 1.82) is 0 Å². The lowest BCUT2D eigenvalue weighted by Gasteiger charge is -1.88. The quantitative estimate of drug-likeness (QED) is 0.248. The van der Waals surface area contributed by atoms with Gasteiger partial charge in [0, 0.05) is 6.92 Å². The van der Waals surface area contributed by atoms with Gasteiger partial charge in [-0.05, 0) is 6.26 Å². The summed E-state index contributed by atoms with van der Waals surface area (Å²) >= 11 is 1.13. The van der Waals surface area contributed by atoms with E-state index in [2.05, 4.69) is 5.16 Å². The van der Waals surface area contributed by atoms with Crippen molar-refractivity contribution in [2.24, 2.45) is 5.16 Å². The molecular weight excluding hydrogens is 126 g/mol. The summed E-state index contributed by atoms with van der Waals surface area (Å²) in [6.45, 7) is 1.35. The number of ketones is 1. The van der Waals surface area contributed by atoms with Gasteiger partial charge in [0.1, 0.15) is 0 Å². The van der Waals surface area contributed by atoms with Crippen LogP contribution >= 0.6 is 11.8 Å². The summed E-state index contributed by atoms with van der Waals surface area (Å²) in [4.78, 5) is 10.3. The van der Waals surface area contributed by atoms with E-state index in [9.17, 15) is 4.79 Å². The second-order valence-electron chi connectivity index (χ2n) is 1.17. The van der Waals surface area contributed by atoms with Crippen LogP contribution in [0.4, 0.5) is 0 Å². The average Bonchev–Trinajstić information content (AvgIpc) is 1.69. The van der Waals surface area contributed by atoms with Gasteiger partial charge in [0.2, 0.25) is 0 Å². The number of hydrogen-bond donors (Lipinski definition) is 1. The molecule has 0 aromatic rings. The van der Waals surface area contributed by atoms with E-state index in [1.807, 2.05) is 0 Å². The first-order chi connectivity index (χ1) is 3.72. The number of carbonyl (C=O) groups excluding carboxylic acids is 1. The maximum Gasteiger partial charge on any atom is 0.188 e. The number of carbonyl (C=O) groups is 1. The van der Waals surface area contributed by atoms with Crippen LogP contribution in [0.2, 0.25) is 0 Å². The van der Waals surface area contributed by atoms with Crippen molar-refractivity contribution in [2.75, 3.05) is 6.26 Å². The fraction of sp³-hybridized carbons (Fsp3) is 0.500. The Labute approximate surface area is 51.8 Å². The zero-order valence-corrected chi connectivity index (χ0v) is 5.53. The van der Waals surface area contributed by atoms with Crippen molar-refractivity contribution in [2.45, 2.75) is 6.92 Å². The number of thioether (sulfide) groups is 1. The molecule has 0 aliphatic heterocycles.